The number of amides is 1. The molecule has 1 aromatic carbocycles. The van der Waals surface area contributed by atoms with E-state index in [-0.39, 0.29) is 11.7 Å². The van der Waals surface area contributed by atoms with Gasteiger partial charge in [-0.2, -0.15) is 0 Å². The fraction of sp³-hybridized carbons (Fsp3) is 0.105. The number of nitrogens with zero attached hydrogens (tertiary/aromatic N) is 3. The lowest BCUT2D eigenvalue weighted by molar-refractivity contribution is 0.0950. The minimum atomic E-state index is -0.281. The number of rotatable bonds is 5. The Kier molecular flexibility index (Phi) is 4.45. The molecule has 3 heterocycles. The summed E-state index contributed by atoms with van der Waals surface area (Å²) in [5, 5.41) is 4.76. The lowest BCUT2D eigenvalue weighted by Crippen LogP contribution is -2.26. The fourth-order valence-corrected chi connectivity index (χ4v) is 3.53. The van der Waals surface area contributed by atoms with Gasteiger partial charge in [0.05, 0.1) is 5.69 Å². The van der Waals surface area contributed by atoms with Crippen LogP contribution in [0.3, 0.4) is 0 Å². The van der Waals surface area contributed by atoms with Crippen molar-refractivity contribution in [2.45, 2.75) is 6.42 Å². The first kappa shape index (κ1) is 16.4. The highest BCUT2D eigenvalue weighted by atomic mass is 32.1. The fourth-order valence-electron chi connectivity index (χ4n) is 2.82. The molecule has 0 aliphatic carbocycles. The van der Waals surface area contributed by atoms with Crippen molar-refractivity contribution in [3.8, 4) is 11.3 Å². The van der Waals surface area contributed by atoms with Crippen molar-refractivity contribution in [3.63, 3.8) is 0 Å². The summed E-state index contributed by atoms with van der Waals surface area (Å²) >= 11 is 1.46. The molecule has 0 aliphatic heterocycles. The van der Waals surface area contributed by atoms with E-state index in [1.807, 2.05) is 28.1 Å². The van der Waals surface area contributed by atoms with Gasteiger partial charge < -0.3 is 5.32 Å². The molecule has 0 fully saturated rings. The van der Waals surface area contributed by atoms with E-state index in [0.717, 1.165) is 10.5 Å². The third-order valence-corrected chi connectivity index (χ3v) is 4.81. The number of nitrogens with one attached hydrogen (secondary N) is 1. The highest BCUT2D eigenvalue weighted by Gasteiger charge is 2.21. The predicted octanol–water partition coefficient (Wildman–Crippen LogP) is 3.57. The molecule has 0 spiro atoms. The van der Waals surface area contributed by atoms with E-state index in [0.29, 0.717) is 29.9 Å². The Bertz CT molecular complexity index is 1060. The Morgan fingerprint density at radius 2 is 2.12 bits per heavy atom. The zero-order valence-electron chi connectivity index (χ0n) is 13.7. The van der Waals surface area contributed by atoms with Gasteiger partial charge in [-0.05, 0) is 30.2 Å². The van der Waals surface area contributed by atoms with Gasteiger partial charge in [-0.1, -0.05) is 18.2 Å². The molecule has 0 bridgehead atoms. The first-order valence-electron chi connectivity index (χ1n) is 8.11. The summed E-state index contributed by atoms with van der Waals surface area (Å²) in [5.74, 6) is -0.545. The normalized spacial score (nSPS) is 11.0. The molecule has 0 radical (unpaired) electrons. The first-order chi connectivity index (χ1) is 12.7. The zero-order chi connectivity index (χ0) is 17.9. The predicted molar refractivity (Wildman–Crippen MR) is 98.7 cm³/mol. The van der Waals surface area contributed by atoms with Crippen LogP contribution < -0.4 is 5.32 Å². The second kappa shape index (κ2) is 7.05. The van der Waals surface area contributed by atoms with Crippen LogP contribution in [0.5, 0.6) is 0 Å². The Balaban J connectivity index is 1.57. The summed E-state index contributed by atoms with van der Waals surface area (Å²) in [5.41, 5.74) is 2.44. The number of thiazole rings is 1. The number of benzene rings is 1. The maximum absolute atomic E-state index is 13.7. The van der Waals surface area contributed by atoms with Crippen molar-refractivity contribution in [2.75, 3.05) is 6.54 Å². The van der Waals surface area contributed by atoms with Crippen LogP contribution in [0.25, 0.3) is 16.2 Å². The summed E-state index contributed by atoms with van der Waals surface area (Å²) in [6.07, 6.45) is 5.69. The number of hydrogen-bond acceptors (Lipinski definition) is 4. The van der Waals surface area contributed by atoms with Gasteiger partial charge >= 0.3 is 0 Å². The molecule has 130 valence electrons. The van der Waals surface area contributed by atoms with Crippen molar-refractivity contribution in [3.05, 3.63) is 77.4 Å². The van der Waals surface area contributed by atoms with Crippen LogP contribution in [0.4, 0.5) is 4.39 Å². The molecular weight excluding hydrogens is 351 g/mol. The molecule has 1 amide bonds. The van der Waals surface area contributed by atoms with Crippen molar-refractivity contribution in [1.82, 2.24) is 19.7 Å². The largest absolute Gasteiger partial charge is 0.350 e. The summed E-state index contributed by atoms with van der Waals surface area (Å²) in [7, 11) is 0. The second-order valence-corrected chi connectivity index (χ2v) is 6.58. The molecule has 26 heavy (non-hydrogen) atoms. The Hall–Kier alpha value is -3.06. The number of halogens is 1. The number of aromatic nitrogens is 3. The van der Waals surface area contributed by atoms with E-state index in [1.54, 1.807) is 30.6 Å². The number of imidazole rings is 1. The van der Waals surface area contributed by atoms with Crippen molar-refractivity contribution in [1.29, 1.82) is 0 Å². The SMILES string of the molecule is O=C(NCCc1ccccc1F)c1nc2sccn2c1-c1cccnc1. The van der Waals surface area contributed by atoms with Crippen LogP contribution in [-0.2, 0) is 6.42 Å². The van der Waals surface area contributed by atoms with Gasteiger partial charge in [-0.15, -0.1) is 11.3 Å². The summed E-state index contributed by atoms with van der Waals surface area (Å²) in [4.78, 5) is 22.0. The van der Waals surface area contributed by atoms with Crippen molar-refractivity contribution < 1.29 is 9.18 Å². The molecule has 4 rings (SSSR count). The highest BCUT2D eigenvalue weighted by Crippen LogP contribution is 2.26. The molecule has 0 saturated heterocycles. The van der Waals surface area contributed by atoms with Gasteiger partial charge in [-0.3, -0.25) is 14.2 Å². The third kappa shape index (κ3) is 3.09. The Morgan fingerprint density at radius 1 is 1.23 bits per heavy atom. The standard InChI is InChI=1S/C19H15FN4OS/c20-15-6-2-1-4-13(15)7-9-22-18(25)16-17(14-5-3-8-21-12-14)24-10-11-26-19(24)23-16/h1-6,8,10-12H,7,9H2,(H,22,25). The van der Waals surface area contributed by atoms with Crippen molar-refractivity contribution in [2.24, 2.45) is 0 Å². The lowest BCUT2D eigenvalue weighted by atomic mass is 10.1. The van der Waals surface area contributed by atoms with E-state index in [2.05, 4.69) is 15.3 Å². The Morgan fingerprint density at radius 3 is 2.92 bits per heavy atom. The summed E-state index contributed by atoms with van der Waals surface area (Å²) < 4.78 is 15.6. The summed E-state index contributed by atoms with van der Waals surface area (Å²) in [6.45, 7) is 0.331. The molecular formula is C19H15FN4OS. The van der Waals surface area contributed by atoms with E-state index in [4.69, 9.17) is 0 Å². The van der Waals surface area contributed by atoms with Crippen LogP contribution in [0.1, 0.15) is 16.1 Å². The maximum atomic E-state index is 13.7. The topological polar surface area (TPSA) is 59.3 Å². The number of fused-ring (bicyclic) bond motifs is 1. The average Bonchev–Trinajstić information content (AvgIpc) is 3.25. The molecule has 7 heteroatoms. The molecule has 0 atom stereocenters. The van der Waals surface area contributed by atoms with Gasteiger partial charge in [0.2, 0.25) is 0 Å². The second-order valence-electron chi connectivity index (χ2n) is 5.70. The van der Waals surface area contributed by atoms with Crippen LogP contribution in [0.2, 0.25) is 0 Å². The molecule has 0 saturated carbocycles. The average molecular weight is 366 g/mol. The minimum absolute atomic E-state index is 0.264. The number of carbonyl (C=O) groups excluding carboxylic acids is 1. The zero-order valence-corrected chi connectivity index (χ0v) is 14.5. The first-order valence-corrected chi connectivity index (χ1v) is 8.99. The van der Waals surface area contributed by atoms with Crippen LogP contribution in [0, 0.1) is 5.82 Å². The van der Waals surface area contributed by atoms with E-state index < -0.39 is 0 Å². The van der Waals surface area contributed by atoms with Gasteiger partial charge in [0.25, 0.3) is 5.91 Å². The van der Waals surface area contributed by atoms with Crippen molar-refractivity contribution >= 4 is 22.2 Å². The van der Waals surface area contributed by atoms with E-state index >= 15 is 0 Å². The molecule has 0 aliphatic rings. The molecule has 4 aromatic rings. The minimum Gasteiger partial charge on any atom is -0.350 e. The Labute approximate surface area is 153 Å². The van der Waals surface area contributed by atoms with Crippen LogP contribution in [0.15, 0.2) is 60.4 Å². The van der Waals surface area contributed by atoms with Gasteiger partial charge in [0.15, 0.2) is 10.7 Å². The number of carbonyl (C=O) groups is 1. The van der Waals surface area contributed by atoms with E-state index in [1.165, 1.54) is 17.4 Å². The molecule has 5 nitrogen and oxygen atoms in total. The van der Waals surface area contributed by atoms with Crippen LogP contribution >= 0.6 is 11.3 Å². The monoisotopic (exact) mass is 366 g/mol. The van der Waals surface area contributed by atoms with E-state index in [9.17, 15) is 9.18 Å². The summed E-state index contributed by atoms with van der Waals surface area (Å²) in [6, 6.07) is 10.3. The molecule has 3 aromatic heterocycles. The molecule has 1 N–H and O–H groups in total. The smallest absolute Gasteiger partial charge is 0.272 e. The van der Waals surface area contributed by atoms with Gasteiger partial charge in [0.1, 0.15) is 5.82 Å². The number of pyridine rings is 1. The van der Waals surface area contributed by atoms with Gasteiger partial charge in [-0.25, -0.2) is 9.37 Å². The quantitative estimate of drug-likeness (QED) is 0.587. The lowest BCUT2D eigenvalue weighted by Gasteiger charge is -2.07. The molecule has 0 unspecified atom stereocenters. The maximum Gasteiger partial charge on any atom is 0.272 e. The highest BCUT2D eigenvalue weighted by molar-refractivity contribution is 7.15. The van der Waals surface area contributed by atoms with Crippen LogP contribution in [-0.4, -0.2) is 26.8 Å². The van der Waals surface area contributed by atoms with Gasteiger partial charge in [0, 0.05) is 36.1 Å². The third-order valence-electron chi connectivity index (χ3n) is 4.05. The number of hydrogen-bond donors (Lipinski definition) is 1.